The van der Waals surface area contributed by atoms with Crippen molar-refractivity contribution in [2.45, 2.75) is 50.5 Å². The minimum Gasteiger partial charge on any atom is -0.346 e. The lowest BCUT2D eigenvalue weighted by Crippen LogP contribution is -2.45. The predicted molar refractivity (Wildman–Crippen MR) is 68.6 cm³/mol. The number of rotatable bonds is 5. The van der Waals surface area contributed by atoms with Gasteiger partial charge in [-0.25, -0.2) is 4.68 Å². The van der Waals surface area contributed by atoms with Crippen molar-refractivity contribution < 1.29 is 18.0 Å². The highest BCUT2D eigenvalue weighted by Crippen LogP contribution is 2.34. The molecule has 7 nitrogen and oxygen atoms in total. The summed E-state index contributed by atoms with van der Waals surface area (Å²) in [7, 11) is 0. The highest BCUT2D eigenvalue weighted by Gasteiger charge is 2.35. The van der Waals surface area contributed by atoms with E-state index in [-0.39, 0.29) is 0 Å². The number of aromatic nitrogens is 4. The van der Waals surface area contributed by atoms with Crippen LogP contribution in [0.25, 0.3) is 0 Å². The average molecular weight is 318 g/mol. The van der Waals surface area contributed by atoms with Gasteiger partial charge in [-0.1, -0.05) is 0 Å². The third-order valence-electron chi connectivity index (χ3n) is 3.93. The number of tetrazole rings is 1. The highest BCUT2D eigenvalue weighted by molar-refractivity contribution is 5.82. The minimum atomic E-state index is -4.39. The second-order valence-electron chi connectivity index (χ2n) is 5.73. The van der Waals surface area contributed by atoms with Gasteiger partial charge in [-0.3, -0.25) is 9.69 Å². The fourth-order valence-corrected chi connectivity index (χ4v) is 2.72. The van der Waals surface area contributed by atoms with E-state index in [0.29, 0.717) is 31.4 Å². The second-order valence-corrected chi connectivity index (χ2v) is 5.73. The van der Waals surface area contributed by atoms with Crippen molar-refractivity contribution in [3.63, 3.8) is 0 Å². The number of carbonyl (C=O) groups is 1. The monoisotopic (exact) mass is 318 g/mol. The van der Waals surface area contributed by atoms with Crippen LogP contribution in [0.5, 0.6) is 0 Å². The van der Waals surface area contributed by atoms with Gasteiger partial charge in [0.2, 0.25) is 5.91 Å². The molecule has 0 aromatic carbocycles. The first kappa shape index (κ1) is 15.2. The standard InChI is InChI=1S/C12H17F3N6O/c13-12(14,15)7-16-11(22)9-2-1-5-20(9)6-10-17-18-19-21(10)8-3-4-8/h8-9H,1-7H2,(H,16,22). The lowest BCUT2D eigenvalue weighted by molar-refractivity contribution is -0.141. The molecule has 0 radical (unpaired) electrons. The number of alkyl halides is 3. The number of hydrogen-bond donors (Lipinski definition) is 1. The van der Waals surface area contributed by atoms with E-state index in [1.807, 2.05) is 10.2 Å². The molecule has 1 aliphatic heterocycles. The van der Waals surface area contributed by atoms with Gasteiger partial charge in [-0.2, -0.15) is 13.2 Å². The molecule has 1 saturated carbocycles. The molecule has 1 aromatic rings. The number of hydrogen-bond acceptors (Lipinski definition) is 5. The van der Waals surface area contributed by atoms with Crippen molar-refractivity contribution in [3.05, 3.63) is 5.82 Å². The highest BCUT2D eigenvalue weighted by atomic mass is 19.4. The molecule has 2 aliphatic rings. The molecule has 10 heteroatoms. The summed E-state index contributed by atoms with van der Waals surface area (Å²) in [6, 6.07) is -0.225. The Labute approximate surface area is 124 Å². The van der Waals surface area contributed by atoms with E-state index in [1.165, 1.54) is 0 Å². The molecule has 1 aliphatic carbocycles. The maximum atomic E-state index is 12.2. The summed E-state index contributed by atoms with van der Waals surface area (Å²) >= 11 is 0. The van der Waals surface area contributed by atoms with E-state index in [0.717, 1.165) is 19.3 Å². The lowest BCUT2D eigenvalue weighted by atomic mass is 10.2. The largest absolute Gasteiger partial charge is 0.405 e. The maximum absolute atomic E-state index is 12.2. The van der Waals surface area contributed by atoms with Crippen molar-refractivity contribution in [3.8, 4) is 0 Å². The van der Waals surface area contributed by atoms with Gasteiger partial charge >= 0.3 is 6.18 Å². The normalized spacial score (nSPS) is 23.0. The number of nitrogens with one attached hydrogen (secondary N) is 1. The van der Waals surface area contributed by atoms with Crippen LogP contribution in [-0.4, -0.2) is 56.3 Å². The molecule has 122 valence electrons. The number of halogens is 3. The van der Waals surface area contributed by atoms with Crippen LogP contribution in [0.15, 0.2) is 0 Å². The summed E-state index contributed by atoms with van der Waals surface area (Å²) < 4.78 is 38.3. The van der Waals surface area contributed by atoms with Gasteiger partial charge in [0.1, 0.15) is 6.54 Å². The summed E-state index contributed by atoms with van der Waals surface area (Å²) in [5.41, 5.74) is 0. The third kappa shape index (κ3) is 3.54. The van der Waals surface area contributed by atoms with Crippen LogP contribution in [0.2, 0.25) is 0 Å². The Morgan fingerprint density at radius 3 is 2.77 bits per heavy atom. The summed E-state index contributed by atoms with van der Waals surface area (Å²) in [4.78, 5) is 13.8. The number of likely N-dealkylation sites (tertiary alicyclic amines) is 1. The van der Waals surface area contributed by atoms with Gasteiger partial charge < -0.3 is 5.32 Å². The van der Waals surface area contributed by atoms with Crippen LogP contribution in [0.1, 0.15) is 37.5 Å². The van der Waals surface area contributed by atoms with Crippen molar-refractivity contribution >= 4 is 5.91 Å². The Bertz CT molecular complexity index is 541. The van der Waals surface area contributed by atoms with Gasteiger partial charge in [0.25, 0.3) is 0 Å². The molecular weight excluding hydrogens is 301 g/mol. The van der Waals surface area contributed by atoms with Crippen molar-refractivity contribution in [2.75, 3.05) is 13.1 Å². The van der Waals surface area contributed by atoms with E-state index in [9.17, 15) is 18.0 Å². The minimum absolute atomic E-state index is 0.324. The number of amides is 1. The predicted octanol–water partition coefficient (Wildman–Crippen LogP) is 0.651. The summed E-state index contributed by atoms with van der Waals surface area (Å²) in [5, 5.41) is 13.5. The SMILES string of the molecule is O=C(NCC(F)(F)F)C1CCCN1Cc1nnnn1C1CC1. The fourth-order valence-electron chi connectivity index (χ4n) is 2.72. The summed E-state index contributed by atoms with van der Waals surface area (Å²) in [5.74, 6) is 0.0818. The van der Waals surface area contributed by atoms with Gasteiger partial charge in [-0.05, 0) is 42.7 Å². The second kappa shape index (κ2) is 5.82. The van der Waals surface area contributed by atoms with E-state index in [4.69, 9.17) is 0 Å². The molecular formula is C12H17F3N6O. The van der Waals surface area contributed by atoms with E-state index in [1.54, 1.807) is 4.68 Å². The molecule has 2 heterocycles. The van der Waals surface area contributed by atoms with Crippen molar-refractivity contribution in [1.29, 1.82) is 0 Å². The molecule has 3 rings (SSSR count). The smallest absolute Gasteiger partial charge is 0.346 e. The molecule has 2 fully saturated rings. The van der Waals surface area contributed by atoms with Crippen LogP contribution < -0.4 is 5.32 Å². The van der Waals surface area contributed by atoms with Crippen LogP contribution in [-0.2, 0) is 11.3 Å². The first-order valence-corrected chi connectivity index (χ1v) is 7.29. The van der Waals surface area contributed by atoms with Crippen LogP contribution >= 0.6 is 0 Å². The van der Waals surface area contributed by atoms with Crippen LogP contribution in [0.3, 0.4) is 0 Å². The maximum Gasteiger partial charge on any atom is 0.405 e. The van der Waals surface area contributed by atoms with Gasteiger partial charge in [0.15, 0.2) is 5.82 Å². The van der Waals surface area contributed by atoms with E-state index in [2.05, 4.69) is 15.5 Å². The fraction of sp³-hybridized carbons (Fsp3) is 0.833. The zero-order valence-electron chi connectivity index (χ0n) is 11.9. The quantitative estimate of drug-likeness (QED) is 0.863. The zero-order chi connectivity index (χ0) is 15.7. The number of carbonyl (C=O) groups excluding carboxylic acids is 1. The number of nitrogens with zero attached hydrogens (tertiary/aromatic N) is 5. The van der Waals surface area contributed by atoms with Crippen molar-refractivity contribution in [1.82, 2.24) is 30.4 Å². The molecule has 1 aromatic heterocycles. The molecule has 1 atom stereocenters. The van der Waals surface area contributed by atoms with E-state index < -0.39 is 24.7 Å². The first-order valence-electron chi connectivity index (χ1n) is 7.29. The zero-order valence-corrected chi connectivity index (χ0v) is 11.9. The average Bonchev–Trinajstić information content (AvgIpc) is 3.01. The Morgan fingerprint density at radius 1 is 1.32 bits per heavy atom. The molecule has 1 unspecified atom stereocenters. The van der Waals surface area contributed by atoms with Crippen LogP contribution in [0, 0.1) is 0 Å². The molecule has 1 amide bonds. The van der Waals surface area contributed by atoms with Gasteiger partial charge in [-0.15, -0.1) is 5.10 Å². The molecule has 1 saturated heterocycles. The lowest BCUT2D eigenvalue weighted by Gasteiger charge is -2.23. The van der Waals surface area contributed by atoms with Crippen LogP contribution in [0.4, 0.5) is 13.2 Å². The first-order chi connectivity index (χ1) is 10.4. The summed E-state index contributed by atoms with van der Waals surface area (Å²) in [6.45, 7) is -0.259. The molecule has 0 bridgehead atoms. The van der Waals surface area contributed by atoms with Crippen molar-refractivity contribution in [2.24, 2.45) is 0 Å². The Balaban J connectivity index is 1.60. The van der Waals surface area contributed by atoms with Gasteiger partial charge in [0, 0.05) is 0 Å². The Kier molecular flexibility index (Phi) is 4.02. The van der Waals surface area contributed by atoms with Gasteiger partial charge in [0.05, 0.1) is 18.6 Å². The third-order valence-corrected chi connectivity index (χ3v) is 3.93. The molecule has 0 spiro atoms. The molecule has 22 heavy (non-hydrogen) atoms. The van der Waals surface area contributed by atoms with E-state index >= 15 is 0 Å². The molecule has 1 N–H and O–H groups in total. The summed E-state index contributed by atoms with van der Waals surface area (Å²) in [6.07, 6.45) is -1.000. The Morgan fingerprint density at radius 2 is 2.09 bits per heavy atom. The topological polar surface area (TPSA) is 75.9 Å². The Hall–Kier alpha value is -1.71.